The fraction of sp³-hybridized carbons (Fsp3) is 0.478. The van der Waals surface area contributed by atoms with Gasteiger partial charge in [0.1, 0.15) is 17.4 Å². The molecule has 2 aromatic rings. The van der Waals surface area contributed by atoms with Crippen molar-refractivity contribution < 1.29 is 27.9 Å². The Balaban J connectivity index is 2.00. The van der Waals surface area contributed by atoms with Gasteiger partial charge in [-0.25, -0.2) is 4.79 Å². The van der Waals surface area contributed by atoms with E-state index >= 15 is 0 Å². The summed E-state index contributed by atoms with van der Waals surface area (Å²) < 4.78 is 46.0. The molecule has 0 amide bonds. The highest BCUT2D eigenvalue weighted by Crippen LogP contribution is 2.50. The number of rotatable bonds is 6. The Labute approximate surface area is 179 Å². The predicted molar refractivity (Wildman–Crippen MR) is 112 cm³/mol. The van der Waals surface area contributed by atoms with E-state index in [4.69, 9.17) is 23.1 Å². The summed E-state index contributed by atoms with van der Waals surface area (Å²) in [6, 6.07) is 4.64. The molecule has 0 radical (unpaired) electrons. The highest BCUT2D eigenvalue weighted by Gasteiger charge is 2.38. The molecule has 7 heteroatoms. The van der Waals surface area contributed by atoms with Crippen LogP contribution >= 0.6 is 0 Å². The molecule has 1 fully saturated rings. The molecule has 1 aromatic heterocycles. The molecule has 0 spiro atoms. The van der Waals surface area contributed by atoms with Crippen molar-refractivity contribution in [3.05, 3.63) is 39.7 Å². The fourth-order valence-corrected chi connectivity index (χ4v) is 3.95. The fourth-order valence-electron chi connectivity index (χ4n) is 3.95. The number of pyridine rings is 1. The third-order valence-corrected chi connectivity index (χ3v) is 5.47. The van der Waals surface area contributed by atoms with Gasteiger partial charge in [0, 0.05) is 23.2 Å². The molecular formula is C23H27NO6. The number of carbonyl (C=O) groups is 1. The molecule has 0 saturated heterocycles. The summed E-state index contributed by atoms with van der Waals surface area (Å²) in [5.41, 5.74) is 1.50. The Morgan fingerprint density at radius 1 is 1.27 bits per heavy atom. The SMILES string of the molecule is [2H]C([2H])([2H])Oc1cc2c(cc1OC)-c1c(cc(C(=O)OCC)c(=O)n1C1CC1)C(C(C)C)O2. The highest BCUT2D eigenvalue weighted by atomic mass is 16.5. The first-order valence-electron chi connectivity index (χ1n) is 11.6. The third-order valence-electron chi connectivity index (χ3n) is 5.47. The number of carbonyl (C=O) groups excluding carboxylic acids is 1. The minimum Gasteiger partial charge on any atom is -0.493 e. The Kier molecular flexibility index (Phi) is 4.31. The quantitative estimate of drug-likeness (QED) is 0.659. The van der Waals surface area contributed by atoms with Gasteiger partial charge >= 0.3 is 5.97 Å². The molecular weight excluding hydrogens is 386 g/mol. The van der Waals surface area contributed by atoms with Gasteiger partial charge < -0.3 is 23.5 Å². The lowest BCUT2D eigenvalue weighted by Crippen LogP contribution is -2.32. The number of benzene rings is 1. The number of esters is 1. The third kappa shape index (κ3) is 3.22. The van der Waals surface area contributed by atoms with Gasteiger partial charge in [-0.3, -0.25) is 4.79 Å². The second kappa shape index (κ2) is 7.70. The van der Waals surface area contributed by atoms with E-state index in [9.17, 15) is 9.59 Å². The van der Waals surface area contributed by atoms with Crippen LogP contribution in [0.4, 0.5) is 0 Å². The standard InChI is InChI=1S/C23H27NO6/c1-6-29-23(26)16-9-15-20(24(22(16)25)13-7-8-13)14-10-18(27-4)19(28-5)11-17(14)30-21(15)12(2)3/h9-13,21H,6-8H2,1-5H3/i5D3. The van der Waals surface area contributed by atoms with Crippen molar-refractivity contribution in [1.82, 2.24) is 4.57 Å². The molecule has 160 valence electrons. The predicted octanol–water partition coefficient (Wildman–Crippen LogP) is 4.13. The van der Waals surface area contributed by atoms with Crippen LogP contribution in [0.25, 0.3) is 11.3 Å². The van der Waals surface area contributed by atoms with Crippen LogP contribution in [0.5, 0.6) is 17.2 Å². The normalized spacial score (nSPS) is 19.0. The van der Waals surface area contributed by atoms with Crippen LogP contribution in [0.2, 0.25) is 0 Å². The van der Waals surface area contributed by atoms with Crippen LogP contribution in [-0.2, 0) is 4.74 Å². The number of ether oxygens (including phenoxy) is 4. The van der Waals surface area contributed by atoms with Crippen molar-refractivity contribution in [2.45, 2.75) is 45.8 Å². The summed E-state index contributed by atoms with van der Waals surface area (Å²) in [4.78, 5) is 26.0. The van der Waals surface area contributed by atoms with E-state index < -0.39 is 24.7 Å². The molecule has 4 rings (SSSR count). The van der Waals surface area contributed by atoms with Gasteiger partial charge in [0.25, 0.3) is 5.56 Å². The lowest BCUT2D eigenvalue weighted by Gasteiger charge is -2.33. The van der Waals surface area contributed by atoms with Gasteiger partial charge in [-0.2, -0.15) is 0 Å². The van der Waals surface area contributed by atoms with Crippen molar-refractivity contribution in [2.24, 2.45) is 5.92 Å². The van der Waals surface area contributed by atoms with Crippen molar-refractivity contribution in [3.63, 3.8) is 0 Å². The van der Waals surface area contributed by atoms with Crippen molar-refractivity contribution in [2.75, 3.05) is 20.8 Å². The van der Waals surface area contributed by atoms with Crippen molar-refractivity contribution in [1.29, 1.82) is 0 Å². The number of aromatic nitrogens is 1. The van der Waals surface area contributed by atoms with E-state index in [1.165, 1.54) is 13.2 Å². The molecule has 1 atom stereocenters. The first kappa shape index (κ1) is 16.8. The molecule has 1 unspecified atom stereocenters. The maximum absolute atomic E-state index is 13.4. The Bertz CT molecular complexity index is 1150. The molecule has 1 saturated carbocycles. The Morgan fingerprint density at radius 3 is 2.60 bits per heavy atom. The lowest BCUT2D eigenvalue weighted by molar-refractivity contribution is 0.0522. The van der Waals surface area contributed by atoms with E-state index in [-0.39, 0.29) is 35.6 Å². The van der Waals surface area contributed by atoms with E-state index in [0.29, 0.717) is 22.6 Å². The van der Waals surface area contributed by atoms with Crippen LogP contribution in [0, 0.1) is 5.92 Å². The van der Waals surface area contributed by atoms with Gasteiger partial charge in [0.05, 0.1) is 30.6 Å². The van der Waals surface area contributed by atoms with E-state index in [2.05, 4.69) is 0 Å². The molecule has 0 bridgehead atoms. The van der Waals surface area contributed by atoms with Crippen molar-refractivity contribution in [3.8, 4) is 28.5 Å². The maximum Gasteiger partial charge on any atom is 0.343 e. The summed E-state index contributed by atoms with van der Waals surface area (Å²) in [7, 11) is -1.26. The molecule has 7 nitrogen and oxygen atoms in total. The van der Waals surface area contributed by atoms with Crippen LogP contribution in [-0.4, -0.2) is 31.3 Å². The molecule has 0 N–H and O–H groups in total. The molecule has 1 aromatic carbocycles. The summed E-state index contributed by atoms with van der Waals surface area (Å²) in [6.45, 7) is 5.80. The van der Waals surface area contributed by atoms with Crippen LogP contribution in [0.3, 0.4) is 0 Å². The van der Waals surface area contributed by atoms with E-state index in [0.717, 1.165) is 12.8 Å². The van der Waals surface area contributed by atoms with Crippen LogP contribution in [0.15, 0.2) is 23.0 Å². The van der Waals surface area contributed by atoms with Gasteiger partial charge in [0.2, 0.25) is 0 Å². The number of nitrogens with zero attached hydrogens (tertiary/aromatic N) is 1. The number of fused-ring (bicyclic) bond motifs is 3. The zero-order valence-corrected chi connectivity index (χ0v) is 17.5. The zero-order valence-electron chi connectivity index (χ0n) is 20.5. The van der Waals surface area contributed by atoms with E-state index in [1.807, 2.05) is 13.8 Å². The number of hydrogen-bond donors (Lipinski definition) is 0. The first-order valence-corrected chi connectivity index (χ1v) is 10.1. The first-order chi connectivity index (χ1) is 15.6. The molecule has 1 aliphatic heterocycles. The smallest absolute Gasteiger partial charge is 0.343 e. The summed E-state index contributed by atoms with van der Waals surface area (Å²) in [6.07, 6.45) is 1.16. The summed E-state index contributed by atoms with van der Waals surface area (Å²) in [5.74, 6) is -0.0607. The van der Waals surface area contributed by atoms with E-state index in [1.54, 1.807) is 23.6 Å². The second-order valence-corrected chi connectivity index (χ2v) is 7.87. The Morgan fingerprint density at radius 2 is 2.00 bits per heavy atom. The number of hydrogen-bond acceptors (Lipinski definition) is 6. The summed E-state index contributed by atoms with van der Waals surface area (Å²) >= 11 is 0. The average molecular weight is 416 g/mol. The molecule has 2 aliphatic rings. The minimum atomic E-state index is -2.67. The van der Waals surface area contributed by atoms with Crippen LogP contribution < -0.4 is 19.8 Å². The van der Waals surface area contributed by atoms with Gasteiger partial charge in [-0.05, 0) is 37.8 Å². The second-order valence-electron chi connectivity index (χ2n) is 7.87. The van der Waals surface area contributed by atoms with Gasteiger partial charge in [-0.15, -0.1) is 0 Å². The van der Waals surface area contributed by atoms with Gasteiger partial charge in [-0.1, -0.05) is 13.8 Å². The highest BCUT2D eigenvalue weighted by molar-refractivity contribution is 5.90. The summed E-state index contributed by atoms with van der Waals surface area (Å²) in [5, 5.41) is 0. The maximum atomic E-state index is 13.4. The van der Waals surface area contributed by atoms with Gasteiger partial charge in [0.15, 0.2) is 11.5 Å². The molecule has 2 heterocycles. The lowest BCUT2D eigenvalue weighted by atomic mass is 9.89. The monoisotopic (exact) mass is 416 g/mol. The minimum absolute atomic E-state index is 0.00816. The zero-order chi connectivity index (χ0) is 24.1. The number of methoxy groups -OCH3 is 2. The Hall–Kier alpha value is -2.96. The van der Waals surface area contributed by atoms with Crippen LogP contribution in [0.1, 0.15) is 65.8 Å². The average Bonchev–Trinajstić information content (AvgIpc) is 3.56. The van der Waals surface area contributed by atoms with Crippen molar-refractivity contribution >= 4 is 5.97 Å². The molecule has 1 aliphatic carbocycles. The largest absolute Gasteiger partial charge is 0.493 e. The molecule has 30 heavy (non-hydrogen) atoms. The topological polar surface area (TPSA) is 76.0 Å².